The number of thioether (sulfide) groups is 1. The molecule has 0 unspecified atom stereocenters. The number of rotatable bonds is 4. The fourth-order valence-electron chi connectivity index (χ4n) is 2.49. The molecule has 0 saturated carbocycles. The first-order chi connectivity index (χ1) is 12.0. The van der Waals surface area contributed by atoms with E-state index in [9.17, 15) is 14.4 Å². The molecule has 25 heavy (non-hydrogen) atoms. The Morgan fingerprint density at radius 2 is 1.92 bits per heavy atom. The maximum atomic E-state index is 12.0. The van der Waals surface area contributed by atoms with Gasteiger partial charge < -0.3 is 10.6 Å². The minimum atomic E-state index is -0.352. The average Bonchev–Trinajstić information content (AvgIpc) is 2.91. The van der Waals surface area contributed by atoms with E-state index in [0.717, 1.165) is 33.1 Å². The van der Waals surface area contributed by atoms with Gasteiger partial charge in [0.05, 0.1) is 5.75 Å². The third-order valence-electron chi connectivity index (χ3n) is 3.69. The molecule has 1 aliphatic heterocycles. The zero-order valence-corrected chi connectivity index (χ0v) is 14.8. The Hall–Kier alpha value is -2.45. The normalized spacial score (nSPS) is 14.0. The third-order valence-corrected chi connectivity index (χ3v) is 4.76. The molecule has 2 N–H and O–H groups in total. The molecular weight excluding hydrogens is 358 g/mol. The predicted octanol–water partition coefficient (Wildman–Crippen LogP) is 2.74. The summed E-state index contributed by atoms with van der Waals surface area (Å²) in [4.78, 5) is 36.1. The number of thiocarbonyl (C=S) groups is 1. The summed E-state index contributed by atoms with van der Waals surface area (Å²) in [5.41, 5.74) is 0.796. The van der Waals surface area contributed by atoms with Crippen molar-refractivity contribution in [3.63, 3.8) is 0 Å². The van der Waals surface area contributed by atoms with E-state index in [1.165, 1.54) is 0 Å². The van der Waals surface area contributed by atoms with Crippen LogP contribution in [0.15, 0.2) is 42.5 Å². The van der Waals surface area contributed by atoms with Crippen molar-refractivity contribution in [1.82, 2.24) is 10.2 Å². The summed E-state index contributed by atoms with van der Waals surface area (Å²) in [6.07, 6.45) is 0.00932. The largest absolute Gasteiger partial charge is 0.332 e. The van der Waals surface area contributed by atoms with Gasteiger partial charge in [0.15, 0.2) is 5.11 Å². The number of imide groups is 1. The lowest BCUT2D eigenvalue weighted by Crippen LogP contribution is -2.37. The molecule has 2 aromatic carbocycles. The van der Waals surface area contributed by atoms with Gasteiger partial charge in [-0.15, -0.1) is 0 Å². The highest BCUT2D eigenvalue weighted by Crippen LogP contribution is 2.23. The number of benzene rings is 2. The van der Waals surface area contributed by atoms with Crippen LogP contribution >= 0.6 is 24.0 Å². The Labute approximate surface area is 153 Å². The van der Waals surface area contributed by atoms with E-state index >= 15 is 0 Å². The molecule has 0 atom stereocenters. The second kappa shape index (κ2) is 7.62. The first-order valence-electron chi connectivity index (χ1n) is 7.60. The van der Waals surface area contributed by atoms with E-state index in [-0.39, 0.29) is 40.9 Å². The van der Waals surface area contributed by atoms with Gasteiger partial charge in [-0.2, -0.15) is 0 Å². The molecule has 0 aromatic heterocycles. The van der Waals surface area contributed by atoms with Crippen LogP contribution < -0.4 is 10.6 Å². The number of nitrogens with one attached hydrogen (secondary N) is 2. The molecule has 3 amide bonds. The van der Waals surface area contributed by atoms with Crippen molar-refractivity contribution in [3.8, 4) is 0 Å². The van der Waals surface area contributed by atoms with E-state index < -0.39 is 0 Å². The lowest BCUT2D eigenvalue weighted by atomic mass is 10.1. The summed E-state index contributed by atoms with van der Waals surface area (Å²) in [6.45, 7) is 0.0629. The fourth-order valence-corrected chi connectivity index (χ4v) is 3.46. The molecule has 1 saturated heterocycles. The molecule has 8 heteroatoms. The number of carbonyl (C=O) groups excluding carboxylic acids is 3. The smallest absolute Gasteiger partial charge is 0.288 e. The number of amides is 3. The summed E-state index contributed by atoms with van der Waals surface area (Å²) in [7, 11) is 0. The summed E-state index contributed by atoms with van der Waals surface area (Å²) in [5, 5.41) is 7.50. The summed E-state index contributed by atoms with van der Waals surface area (Å²) >= 11 is 6.13. The number of anilines is 1. The zero-order valence-electron chi connectivity index (χ0n) is 13.2. The van der Waals surface area contributed by atoms with Gasteiger partial charge in [-0.25, -0.2) is 0 Å². The van der Waals surface area contributed by atoms with E-state index in [0.29, 0.717) is 0 Å². The predicted molar refractivity (Wildman–Crippen MR) is 102 cm³/mol. The maximum absolute atomic E-state index is 12.0. The van der Waals surface area contributed by atoms with E-state index in [4.69, 9.17) is 12.2 Å². The van der Waals surface area contributed by atoms with Crippen molar-refractivity contribution in [2.24, 2.45) is 0 Å². The van der Waals surface area contributed by atoms with Crippen molar-refractivity contribution in [1.29, 1.82) is 0 Å². The van der Waals surface area contributed by atoms with Crippen LogP contribution in [0, 0.1) is 0 Å². The minimum absolute atomic E-state index is 0.00932. The molecule has 1 heterocycles. The van der Waals surface area contributed by atoms with Crippen LogP contribution in [0.3, 0.4) is 0 Å². The second-order valence-electron chi connectivity index (χ2n) is 5.38. The van der Waals surface area contributed by atoms with Crippen LogP contribution in [0.5, 0.6) is 0 Å². The van der Waals surface area contributed by atoms with Gasteiger partial charge in [0, 0.05) is 24.0 Å². The number of carbonyl (C=O) groups is 3. The van der Waals surface area contributed by atoms with Gasteiger partial charge in [0.2, 0.25) is 11.8 Å². The Bertz CT molecular complexity index is 848. The molecule has 128 valence electrons. The van der Waals surface area contributed by atoms with Crippen molar-refractivity contribution in [2.45, 2.75) is 6.42 Å². The lowest BCUT2D eigenvalue weighted by molar-refractivity contribution is -0.125. The molecule has 1 aliphatic rings. The molecule has 0 spiro atoms. The van der Waals surface area contributed by atoms with Crippen LogP contribution in [-0.2, 0) is 9.59 Å². The maximum Gasteiger partial charge on any atom is 0.288 e. The number of nitrogens with zero attached hydrogens (tertiary/aromatic N) is 1. The second-order valence-corrected chi connectivity index (χ2v) is 6.71. The van der Waals surface area contributed by atoms with Gasteiger partial charge in [-0.05, 0) is 23.7 Å². The van der Waals surface area contributed by atoms with Crippen LogP contribution in [0.1, 0.15) is 6.42 Å². The highest BCUT2D eigenvalue weighted by Gasteiger charge is 2.29. The number of hydrogen-bond donors (Lipinski definition) is 2. The molecule has 3 rings (SSSR count). The van der Waals surface area contributed by atoms with Crippen LogP contribution in [-0.4, -0.2) is 39.4 Å². The van der Waals surface area contributed by atoms with Crippen molar-refractivity contribution in [2.75, 3.05) is 17.6 Å². The first-order valence-corrected chi connectivity index (χ1v) is 9.00. The van der Waals surface area contributed by atoms with Gasteiger partial charge >= 0.3 is 0 Å². The van der Waals surface area contributed by atoms with Gasteiger partial charge in [0.1, 0.15) is 0 Å². The van der Waals surface area contributed by atoms with Gasteiger partial charge in [0.25, 0.3) is 5.24 Å². The third kappa shape index (κ3) is 4.15. The van der Waals surface area contributed by atoms with E-state index in [2.05, 4.69) is 10.6 Å². The number of fused-ring (bicyclic) bond motifs is 1. The Morgan fingerprint density at radius 3 is 2.68 bits per heavy atom. The Balaban J connectivity index is 1.56. The summed E-state index contributed by atoms with van der Waals surface area (Å²) in [6, 6.07) is 13.6. The molecule has 0 bridgehead atoms. The van der Waals surface area contributed by atoms with Crippen molar-refractivity contribution in [3.05, 3.63) is 42.5 Å². The Morgan fingerprint density at radius 1 is 1.16 bits per heavy atom. The highest BCUT2D eigenvalue weighted by molar-refractivity contribution is 8.14. The summed E-state index contributed by atoms with van der Waals surface area (Å²) < 4.78 is 0. The van der Waals surface area contributed by atoms with E-state index in [1.807, 2.05) is 42.5 Å². The lowest BCUT2D eigenvalue weighted by Gasteiger charge is -2.14. The standard InChI is InChI=1S/C17H15N3O3S2/c21-14(8-9-20-15(22)10-25-17(20)23)19-16(24)18-13-7-3-5-11-4-1-2-6-12(11)13/h1-7H,8-10H2,(H2,18,19,21,24). The van der Waals surface area contributed by atoms with E-state index in [1.54, 1.807) is 0 Å². The average molecular weight is 373 g/mol. The molecule has 2 aromatic rings. The fraction of sp³-hybridized carbons (Fsp3) is 0.176. The van der Waals surface area contributed by atoms with Crippen LogP contribution in [0.2, 0.25) is 0 Å². The van der Waals surface area contributed by atoms with Crippen molar-refractivity contribution < 1.29 is 14.4 Å². The first kappa shape index (κ1) is 17.4. The number of hydrogen-bond acceptors (Lipinski definition) is 5. The highest BCUT2D eigenvalue weighted by atomic mass is 32.2. The van der Waals surface area contributed by atoms with Gasteiger partial charge in [-0.3, -0.25) is 19.3 Å². The topological polar surface area (TPSA) is 78.5 Å². The van der Waals surface area contributed by atoms with Crippen LogP contribution in [0.25, 0.3) is 10.8 Å². The summed E-state index contributed by atoms with van der Waals surface area (Å²) in [5.74, 6) is -0.476. The molecular formula is C17H15N3O3S2. The monoisotopic (exact) mass is 373 g/mol. The van der Waals surface area contributed by atoms with Crippen LogP contribution in [0.4, 0.5) is 10.5 Å². The SMILES string of the molecule is O=C(CCN1C(=O)CSC1=O)NC(=S)Nc1cccc2ccccc12. The van der Waals surface area contributed by atoms with Crippen molar-refractivity contribution >= 4 is 62.6 Å². The molecule has 0 aliphatic carbocycles. The molecule has 0 radical (unpaired) electrons. The molecule has 6 nitrogen and oxygen atoms in total. The Kier molecular flexibility index (Phi) is 5.30. The quantitative estimate of drug-likeness (QED) is 0.803. The molecule has 1 fully saturated rings. The van der Waals surface area contributed by atoms with Gasteiger partial charge in [-0.1, -0.05) is 48.2 Å². The zero-order chi connectivity index (χ0) is 17.8. The minimum Gasteiger partial charge on any atom is -0.332 e.